The lowest BCUT2D eigenvalue weighted by Crippen LogP contribution is -2.28. The number of unbranched alkanes of at least 4 members (excludes halogenated alkanes) is 1. The lowest BCUT2D eigenvalue weighted by Gasteiger charge is -2.20. The van der Waals surface area contributed by atoms with Crippen LogP contribution in [0.25, 0.3) is 22.4 Å². The summed E-state index contributed by atoms with van der Waals surface area (Å²) in [5.74, 6) is -0.770. The predicted molar refractivity (Wildman–Crippen MR) is 122 cm³/mol. The summed E-state index contributed by atoms with van der Waals surface area (Å²) in [4.78, 5) is 28.3. The molecule has 2 N–H and O–H groups in total. The summed E-state index contributed by atoms with van der Waals surface area (Å²) in [5.41, 5.74) is 1.36. The second kappa shape index (κ2) is 10.5. The molecule has 1 aromatic carbocycles. The number of halogens is 1. The van der Waals surface area contributed by atoms with Crippen molar-refractivity contribution in [1.29, 1.82) is 0 Å². The molecular weight excluding hydrogens is 453 g/mol. The number of carbonyl (C=O) groups is 2. The first-order chi connectivity index (χ1) is 15.8. The molecule has 0 spiro atoms. The number of ether oxygens (including phenoxy) is 1. The van der Waals surface area contributed by atoms with Crippen molar-refractivity contribution in [2.24, 2.45) is 0 Å². The number of methoxy groups -OCH3 is 1. The average Bonchev–Trinajstić information content (AvgIpc) is 3.16. The number of amides is 1. The molecule has 11 heteroatoms. The van der Waals surface area contributed by atoms with E-state index < -0.39 is 23.0 Å². The molecular formula is C22H24FN3O6S. The fraction of sp³-hybridized carbons (Fsp3) is 0.318. The van der Waals surface area contributed by atoms with Gasteiger partial charge in [0.25, 0.3) is 17.2 Å². The van der Waals surface area contributed by atoms with Crippen molar-refractivity contribution in [3.05, 3.63) is 47.3 Å². The van der Waals surface area contributed by atoms with Crippen LogP contribution < -0.4 is 9.62 Å². The van der Waals surface area contributed by atoms with Crippen LogP contribution in [0.1, 0.15) is 35.2 Å². The van der Waals surface area contributed by atoms with Crippen LogP contribution in [0, 0.1) is 12.7 Å². The van der Waals surface area contributed by atoms with Gasteiger partial charge in [0.1, 0.15) is 17.4 Å². The number of anilines is 1. The van der Waals surface area contributed by atoms with Crippen LogP contribution in [-0.4, -0.2) is 46.3 Å². The van der Waals surface area contributed by atoms with Crippen molar-refractivity contribution in [2.45, 2.75) is 26.2 Å². The van der Waals surface area contributed by atoms with Gasteiger partial charge in [0.2, 0.25) is 5.71 Å². The van der Waals surface area contributed by atoms with E-state index in [9.17, 15) is 22.7 Å². The Hall–Kier alpha value is -3.31. The van der Waals surface area contributed by atoms with E-state index >= 15 is 0 Å². The SMILES string of the molecule is CNC(=O)c1c(-c2ccc(F)cc2)oc2nc(N(CCCCC(=O)OC)S(=O)O)c(C)cc12. The number of hydrogen-bond donors (Lipinski definition) is 2. The third-order valence-electron chi connectivity index (χ3n) is 5.05. The molecule has 0 bridgehead atoms. The maximum absolute atomic E-state index is 13.4. The Morgan fingerprint density at radius 1 is 1.27 bits per heavy atom. The number of rotatable bonds is 9. The van der Waals surface area contributed by atoms with Crippen LogP contribution in [0.3, 0.4) is 0 Å². The molecule has 0 aliphatic heterocycles. The molecule has 0 saturated heterocycles. The van der Waals surface area contributed by atoms with Crippen molar-refractivity contribution in [1.82, 2.24) is 10.3 Å². The van der Waals surface area contributed by atoms with E-state index in [0.717, 1.165) is 0 Å². The number of nitrogens with one attached hydrogen (secondary N) is 1. The number of carbonyl (C=O) groups excluding carboxylic acids is 2. The van der Waals surface area contributed by atoms with Gasteiger partial charge >= 0.3 is 5.97 Å². The van der Waals surface area contributed by atoms with Crippen LogP contribution in [0.5, 0.6) is 0 Å². The molecule has 0 saturated carbocycles. The van der Waals surface area contributed by atoms with E-state index in [1.165, 1.54) is 42.7 Å². The maximum Gasteiger partial charge on any atom is 0.305 e. The molecule has 1 atom stereocenters. The number of fused-ring (bicyclic) bond motifs is 1. The van der Waals surface area contributed by atoms with Crippen LogP contribution in [0.15, 0.2) is 34.7 Å². The molecule has 0 aliphatic carbocycles. The zero-order valence-corrected chi connectivity index (χ0v) is 19.2. The first kappa shape index (κ1) is 24.3. The van der Waals surface area contributed by atoms with Gasteiger partial charge in [0.05, 0.1) is 18.1 Å². The molecule has 2 heterocycles. The van der Waals surface area contributed by atoms with Gasteiger partial charge in [0, 0.05) is 25.6 Å². The number of hydrogen-bond acceptors (Lipinski definition) is 6. The minimum absolute atomic E-state index is 0.0959. The molecule has 3 aromatic rings. The number of aromatic nitrogens is 1. The molecule has 0 fully saturated rings. The molecule has 0 radical (unpaired) electrons. The Bertz CT molecular complexity index is 1200. The lowest BCUT2D eigenvalue weighted by molar-refractivity contribution is -0.140. The highest BCUT2D eigenvalue weighted by Crippen LogP contribution is 2.35. The maximum atomic E-state index is 13.4. The van der Waals surface area contributed by atoms with Gasteiger partial charge in [-0.05, 0) is 55.7 Å². The number of pyridine rings is 1. The highest BCUT2D eigenvalue weighted by atomic mass is 32.2. The Labute approximate surface area is 192 Å². The predicted octanol–water partition coefficient (Wildman–Crippen LogP) is 3.59. The minimum atomic E-state index is -2.38. The summed E-state index contributed by atoms with van der Waals surface area (Å²) < 4.78 is 46.9. The van der Waals surface area contributed by atoms with Gasteiger partial charge in [0.15, 0.2) is 0 Å². The Balaban J connectivity index is 2.03. The highest BCUT2D eigenvalue weighted by Gasteiger charge is 2.25. The molecule has 3 rings (SSSR count). The van der Waals surface area contributed by atoms with E-state index in [-0.39, 0.29) is 41.8 Å². The Morgan fingerprint density at radius 2 is 1.97 bits per heavy atom. The molecule has 1 amide bonds. The van der Waals surface area contributed by atoms with E-state index in [0.29, 0.717) is 29.4 Å². The van der Waals surface area contributed by atoms with Crippen LogP contribution >= 0.6 is 0 Å². The highest BCUT2D eigenvalue weighted by molar-refractivity contribution is 7.80. The van der Waals surface area contributed by atoms with Crippen molar-refractivity contribution in [2.75, 3.05) is 25.0 Å². The first-order valence-electron chi connectivity index (χ1n) is 10.1. The van der Waals surface area contributed by atoms with Gasteiger partial charge in [-0.15, -0.1) is 0 Å². The standard InChI is InChI=1S/C22H24FN3O6S/c1-13-12-16-18(21(28)24-2)19(14-7-9-15(23)10-8-14)32-22(16)25-20(13)26(33(29)30)11-5-4-6-17(27)31-3/h7-10,12H,4-6,11H2,1-3H3,(H,24,28)(H,29,30). The molecule has 33 heavy (non-hydrogen) atoms. The van der Waals surface area contributed by atoms with E-state index in [2.05, 4.69) is 15.0 Å². The fourth-order valence-corrected chi connectivity index (χ4v) is 4.02. The van der Waals surface area contributed by atoms with Crippen molar-refractivity contribution in [3.63, 3.8) is 0 Å². The monoisotopic (exact) mass is 477 g/mol. The molecule has 176 valence electrons. The summed E-state index contributed by atoms with van der Waals surface area (Å²) in [6.07, 6.45) is 1.11. The summed E-state index contributed by atoms with van der Waals surface area (Å²) >= 11 is -2.38. The summed E-state index contributed by atoms with van der Waals surface area (Å²) in [7, 11) is 2.78. The smallest absolute Gasteiger partial charge is 0.305 e. The van der Waals surface area contributed by atoms with Crippen LogP contribution in [-0.2, 0) is 20.8 Å². The van der Waals surface area contributed by atoms with Crippen LogP contribution in [0.4, 0.5) is 10.2 Å². The van der Waals surface area contributed by atoms with Crippen molar-refractivity contribution in [3.8, 4) is 11.3 Å². The quantitative estimate of drug-likeness (QED) is 0.274. The third kappa shape index (κ3) is 5.37. The summed E-state index contributed by atoms with van der Waals surface area (Å²) in [6, 6.07) is 7.15. The van der Waals surface area contributed by atoms with Gasteiger partial charge in [-0.1, -0.05) is 0 Å². The van der Waals surface area contributed by atoms with E-state index in [1.54, 1.807) is 13.0 Å². The van der Waals surface area contributed by atoms with Crippen molar-refractivity contribution >= 4 is 40.1 Å². The van der Waals surface area contributed by atoms with E-state index in [1.807, 2.05) is 0 Å². The lowest BCUT2D eigenvalue weighted by atomic mass is 10.0. The van der Waals surface area contributed by atoms with Gasteiger partial charge in [-0.2, -0.15) is 4.98 Å². The fourth-order valence-electron chi connectivity index (χ4n) is 3.41. The second-order valence-electron chi connectivity index (χ2n) is 7.24. The van der Waals surface area contributed by atoms with Crippen LogP contribution in [0.2, 0.25) is 0 Å². The number of furan rings is 1. The molecule has 2 aromatic heterocycles. The van der Waals surface area contributed by atoms with Gasteiger partial charge in [-0.25, -0.2) is 8.60 Å². The normalized spacial score (nSPS) is 11.9. The number of esters is 1. The Morgan fingerprint density at radius 3 is 2.58 bits per heavy atom. The topological polar surface area (TPSA) is 122 Å². The van der Waals surface area contributed by atoms with Gasteiger partial charge < -0.3 is 14.5 Å². The van der Waals surface area contributed by atoms with E-state index in [4.69, 9.17) is 4.42 Å². The summed E-state index contributed by atoms with van der Waals surface area (Å²) in [5, 5.41) is 2.99. The zero-order chi connectivity index (χ0) is 24.1. The number of benzene rings is 1. The van der Waals surface area contributed by atoms with Gasteiger partial charge in [-0.3, -0.25) is 18.4 Å². The average molecular weight is 478 g/mol. The third-order valence-corrected chi connectivity index (χ3v) is 5.78. The molecule has 9 nitrogen and oxygen atoms in total. The van der Waals surface area contributed by atoms with Crippen molar-refractivity contribution < 1.29 is 31.9 Å². The zero-order valence-electron chi connectivity index (χ0n) is 18.4. The largest absolute Gasteiger partial charge is 0.469 e. The number of nitrogens with zero attached hydrogens (tertiary/aromatic N) is 2. The first-order valence-corrected chi connectivity index (χ1v) is 11.2. The number of aryl methyl sites for hydroxylation is 1. The molecule has 0 aliphatic rings. The minimum Gasteiger partial charge on any atom is -0.469 e. The second-order valence-corrected chi connectivity index (χ2v) is 8.14. The summed E-state index contributed by atoms with van der Waals surface area (Å²) in [6.45, 7) is 1.86. The Kier molecular flexibility index (Phi) is 7.77. The molecule has 1 unspecified atom stereocenters.